The monoisotopic (exact) mass is 1300 g/mol. The smallest absolute Gasteiger partial charge is 0.741 e. The van der Waals surface area contributed by atoms with E-state index in [1.807, 2.05) is 0 Å². The molecule has 4 aliphatic heterocycles. The minimum atomic E-state index is -6.09. The molecule has 0 fully saturated rings. The van der Waals surface area contributed by atoms with E-state index in [1.165, 1.54) is 0 Å². The van der Waals surface area contributed by atoms with Crippen molar-refractivity contribution in [3.05, 3.63) is 0 Å². The molecule has 0 bridgehead atoms. The molecule has 0 N–H and O–H groups in total. The summed E-state index contributed by atoms with van der Waals surface area (Å²) in [6.45, 7) is 37.3. The molecule has 4 heterocycles. The van der Waals surface area contributed by atoms with Crippen molar-refractivity contribution in [2.24, 2.45) is 52.5 Å². The fourth-order valence-electron chi connectivity index (χ4n) is 4.82. The largest absolute Gasteiger partial charge is 2.00 e. The van der Waals surface area contributed by atoms with E-state index in [4.69, 9.17) is 90.8 Å². The second-order valence-corrected chi connectivity index (χ2v) is 26.8. The van der Waals surface area contributed by atoms with Gasteiger partial charge >= 0.3 is 55.0 Å². The number of ether oxygens (including phenoxy) is 4. The summed E-state index contributed by atoms with van der Waals surface area (Å²) in [7, 11) is -24.4. The van der Waals surface area contributed by atoms with Crippen LogP contribution in [0.3, 0.4) is 0 Å². The summed E-state index contributed by atoms with van der Waals surface area (Å²) >= 11 is 0. The van der Waals surface area contributed by atoms with Crippen LogP contribution < -0.4 is 0 Å². The molecule has 0 saturated carbocycles. The maximum absolute atomic E-state index is 10.7. The Bertz CT molecular complexity index is 2150. The van der Waals surface area contributed by atoms with Gasteiger partial charge in [-0.25, -0.2) is 53.6 Å². The molecule has 20 nitrogen and oxygen atoms in total. The molecule has 0 aromatic heterocycles. The first-order valence-electron chi connectivity index (χ1n) is 20.8. The summed E-state index contributed by atoms with van der Waals surface area (Å²) in [4.78, 5) is 19.2. The first kappa shape index (κ1) is 80.1. The Hall–Kier alpha value is -2.33. The predicted molar refractivity (Wildman–Crippen MR) is 237 cm³/mol. The standard InChI is InChI=1S/2C17H30N2O2.4CHF3O3S.2Ni/c2*1-15(2,3)11-9-20-13(18-11)17(7,8)14-19-12(10-21-14)16(4,5)6;4*2-1(3,4)8(5,6)7;;/h2*11-12H,9-10H2,1-8H3;4*(H,5,6,7);;/q;;;;;;2*+2/p-4/t2*11-,12-;;;;;;/m11....../s1. The Morgan fingerprint density at radius 3 is 0.500 bits per heavy atom. The molecule has 456 valence electrons. The van der Waals surface area contributed by atoms with Gasteiger partial charge in [-0.15, -0.1) is 0 Å². The number of nitrogens with zero attached hydrogens (tertiary/aromatic N) is 4. The van der Waals surface area contributed by atoms with Crippen molar-refractivity contribution in [1.29, 1.82) is 0 Å². The summed E-state index contributed by atoms with van der Waals surface area (Å²) in [5.41, 5.74) is -22.9. The molecule has 0 radical (unpaired) electrons. The third kappa shape index (κ3) is 25.8. The Labute approximate surface area is 454 Å². The van der Waals surface area contributed by atoms with E-state index in [1.54, 1.807) is 0 Å². The summed E-state index contributed by atoms with van der Waals surface area (Å²) in [6, 6.07) is 0.804. The molecule has 4 atom stereocenters. The predicted octanol–water partition coefficient (Wildman–Crippen LogP) is 7.60. The summed E-state index contributed by atoms with van der Waals surface area (Å²) in [5.74, 6) is 3.04. The van der Waals surface area contributed by atoms with Gasteiger partial charge < -0.3 is 37.2 Å². The zero-order chi connectivity index (χ0) is 60.1. The van der Waals surface area contributed by atoms with Gasteiger partial charge in [0, 0.05) is 0 Å². The van der Waals surface area contributed by atoms with Crippen molar-refractivity contribution in [3.8, 4) is 0 Å². The molecule has 38 heteroatoms. The fourth-order valence-corrected chi connectivity index (χ4v) is 4.82. The number of hydrogen-bond acceptors (Lipinski definition) is 20. The average molecular weight is 1300 g/mol. The minimum absolute atomic E-state index is 0. The van der Waals surface area contributed by atoms with E-state index >= 15 is 0 Å². The van der Waals surface area contributed by atoms with Gasteiger partial charge in [0.25, 0.3) is 0 Å². The van der Waals surface area contributed by atoms with Gasteiger partial charge in [-0.05, 0) is 49.4 Å². The van der Waals surface area contributed by atoms with Gasteiger partial charge in [0.1, 0.15) is 37.3 Å². The Morgan fingerprint density at radius 1 is 0.329 bits per heavy atom. The number of aliphatic imine (C=N–C) groups is 4. The van der Waals surface area contributed by atoms with Gasteiger partial charge in [0.15, 0.2) is 64.1 Å². The second kappa shape index (κ2) is 27.0. The number of halogens is 12. The molecule has 0 spiro atoms. The minimum Gasteiger partial charge on any atom is -0.741 e. The third-order valence-corrected chi connectivity index (χ3v) is 12.1. The molecule has 0 unspecified atom stereocenters. The molecule has 0 aromatic rings. The maximum Gasteiger partial charge on any atom is 2.00 e. The van der Waals surface area contributed by atoms with Crippen molar-refractivity contribution < 1.29 is 156 Å². The van der Waals surface area contributed by atoms with Crippen molar-refractivity contribution in [3.63, 3.8) is 0 Å². The van der Waals surface area contributed by atoms with E-state index in [0.717, 1.165) is 23.6 Å². The molecular formula is C38H60F12N4Ni2O16S4. The molecule has 0 saturated heterocycles. The summed E-state index contributed by atoms with van der Waals surface area (Å²) < 4.78 is 259. The van der Waals surface area contributed by atoms with E-state index in [-0.39, 0.29) is 89.6 Å². The van der Waals surface area contributed by atoms with Crippen LogP contribution in [0.15, 0.2) is 20.0 Å². The zero-order valence-corrected chi connectivity index (χ0v) is 48.5. The quantitative estimate of drug-likeness (QED) is 0.113. The van der Waals surface area contributed by atoms with Crippen molar-refractivity contribution in [2.45, 2.75) is 157 Å². The van der Waals surface area contributed by atoms with E-state index < -0.39 is 62.5 Å². The average Bonchev–Trinajstić information content (AvgIpc) is 3.95. The number of hydrogen-bond donors (Lipinski definition) is 0. The summed E-state index contributed by atoms with van der Waals surface area (Å²) in [6.07, 6.45) is 0. The molecule has 4 aliphatic rings. The van der Waals surface area contributed by atoms with Crippen LogP contribution in [0.4, 0.5) is 52.7 Å². The number of rotatable bonds is 4. The molecular weight excluding hydrogens is 1240 g/mol. The van der Waals surface area contributed by atoms with Gasteiger partial charge in [0.05, 0.1) is 24.2 Å². The van der Waals surface area contributed by atoms with Crippen LogP contribution in [0, 0.1) is 32.5 Å². The maximum atomic E-state index is 10.7. The van der Waals surface area contributed by atoms with Gasteiger partial charge in [-0.1, -0.05) is 83.1 Å². The first-order valence-corrected chi connectivity index (χ1v) is 26.4. The Balaban J connectivity index is -0.000000436. The van der Waals surface area contributed by atoms with Crippen molar-refractivity contribution >= 4 is 64.1 Å². The Morgan fingerprint density at radius 2 is 0.434 bits per heavy atom. The fraction of sp³-hybridized carbons (Fsp3) is 0.895. The van der Waals surface area contributed by atoms with E-state index in [9.17, 15) is 52.7 Å². The van der Waals surface area contributed by atoms with Crippen molar-refractivity contribution in [2.75, 3.05) is 26.4 Å². The van der Waals surface area contributed by atoms with Gasteiger partial charge in [-0.2, -0.15) is 52.7 Å². The SMILES string of the molecule is CC(C)(C1=N[C@@H](C(C)(C)C)CO1)C1=N[C@@H](C(C)(C)C)CO1.CC(C)(C1=N[C@@H](C(C)(C)C)CO1)C1=N[C@@H](C(C)(C)C)CO1.O=S(=O)([O-])C(F)(F)F.O=S(=O)([O-])C(F)(F)F.O=S(=O)([O-])C(F)(F)F.O=S(=O)([O-])C(F)(F)F.[Ni+2].[Ni+2]. The Kier molecular flexibility index (Phi) is 28.4. The van der Waals surface area contributed by atoms with Gasteiger partial charge in [-0.3, -0.25) is 0 Å². The molecule has 4 rings (SSSR count). The van der Waals surface area contributed by atoms with Gasteiger partial charge in [0.2, 0.25) is 0 Å². The van der Waals surface area contributed by atoms with Crippen LogP contribution in [-0.2, 0) is 92.4 Å². The molecule has 76 heavy (non-hydrogen) atoms. The van der Waals surface area contributed by atoms with E-state index in [0.29, 0.717) is 26.4 Å². The number of alkyl halides is 12. The zero-order valence-electron chi connectivity index (χ0n) is 43.3. The van der Waals surface area contributed by atoms with Crippen LogP contribution >= 0.6 is 0 Å². The summed E-state index contributed by atoms with van der Waals surface area (Å²) in [5, 5.41) is 0. The third-order valence-electron chi connectivity index (χ3n) is 9.88. The van der Waals surface area contributed by atoms with Crippen LogP contribution in [0.25, 0.3) is 0 Å². The first-order chi connectivity index (χ1) is 31.8. The van der Waals surface area contributed by atoms with E-state index in [2.05, 4.69) is 111 Å². The second-order valence-electron chi connectivity index (χ2n) is 21.4. The normalized spacial score (nSPS) is 20.8. The van der Waals surface area contributed by atoms with Crippen LogP contribution in [0.2, 0.25) is 0 Å². The molecule has 0 aliphatic carbocycles. The van der Waals surface area contributed by atoms with Crippen LogP contribution in [0.5, 0.6) is 0 Å². The van der Waals surface area contributed by atoms with Crippen LogP contribution in [-0.4, -0.2) is 148 Å². The topological polar surface area (TPSA) is 315 Å². The molecule has 0 aromatic carbocycles. The molecule has 0 amide bonds. The van der Waals surface area contributed by atoms with Crippen LogP contribution in [0.1, 0.15) is 111 Å². The van der Waals surface area contributed by atoms with Crippen molar-refractivity contribution in [1.82, 2.24) is 0 Å².